The number of aromatic nitrogens is 2. The molecule has 0 spiro atoms. The average Bonchev–Trinajstić information content (AvgIpc) is 3.31. The van der Waals surface area contributed by atoms with E-state index in [1.807, 2.05) is 0 Å². The van der Waals surface area contributed by atoms with Crippen molar-refractivity contribution in [3.8, 4) is 11.1 Å². The number of nitrogens with zero attached hydrogens (tertiary/aromatic N) is 4. The Kier molecular flexibility index (Phi) is 8.01. The van der Waals surface area contributed by atoms with Gasteiger partial charge in [0.15, 0.2) is 0 Å². The number of nitrogens with one attached hydrogen (secondary N) is 1. The standard InChI is InChI=1S/C26H33F3N6O/c1-3-24(36)35-10-9-22(32-17-7-5-4-6-8-17)20(15-35)26(30)33-23-12-19(25(28)29)18(11-21(23)27)16-13-31-34(2)14-16/h11-14,17,25,32H,3-10,15H2,1-2H3,(H2,30,33). The number of carbonyl (C=O) groups is 1. The van der Waals surface area contributed by atoms with Crippen molar-refractivity contribution >= 4 is 17.4 Å². The van der Waals surface area contributed by atoms with E-state index in [1.54, 1.807) is 25.1 Å². The van der Waals surface area contributed by atoms with Gasteiger partial charge < -0.3 is 16.0 Å². The van der Waals surface area contributed by atoms with E-state index in [4.69, 9.17) is 5.73 Å². The van der Waals surface area contributed by atoms with Gasteiger partial charge in [0.1, 0.15) is 17.3 Å². The Morgan fingerprint density at radius 3 is 2.67 bits per heavy atom. The molecule has 194 valence electrons. The zero-order valence-electron chi connectivity index (χ0n) is 20.7. The lowest BCUT2D eigenvalue weighted by atomic mass is 9.94. The van der Waals surface area contributed by atoms with Gasteiger partial charge in [-0.1, -0.05) is 26.2 Å². The fraction of sp³-hybridized carbons (Fsp3) is 0.500. The van der Waals surface area contributed by atoms with Crippen molar-refractivity contribution < 1.29 is 18.0 Å². The molecule has 3 N–H and O–H groups in total. The van der Waals surface area contributed by atoms with E-state index in [-0.39, 0.29) is 35.1 Å². The first-order chi connectivity index (χ1) is 17.3. The average molecular weight is 503 g/mol. The summed E-state index contributed by atoms with van der Waals surface area (Å²) in [5.74, 6) is -0.750. The minimum Gasteiger partial charge on any atom is -0.385 e. The highest BCUT2D eigenvalue weighted by atomic mass is 19.3. The summed E-state index contributed by atoms with van der Waals surface area (Å²) in [5, 5.41) is 7.58. The van der Waals surface area contributed by atoms with Gasteiger partial charge in [0.25, 0.3) is 6.43 Å². The fourth-order valence-electron chi connectivity index (χ4n) is 4.94. The Labute approximate surface area is 209 Å². The maximum Gasteiger partial charge on any atom is 0.264 e. The van der Waals surface area contributed by atoms with Crippen molar-refractivity contribution in [1.29, 1.82) is 0 Å². The highest BCUT2D eigenvalue weighted by Gasteiger charge is 2.27. The van der Waals surface area contributed by atoms with Crippen molar-refractivity contribution in [2.75, 3.05) is 13.1 Å². The highest BCUT2D eigenvalue weighted by molar-refractivity contribution is 6.00. The molecule has 4 rings (SSSR count). The van der Waals surface area contributed by atoms with Gasteiger partial charge in [-0.3, -0.25) is 9.48 Å². The number of hydrogen-bond donors (Lipinski definition) is 2. The normalized spacial score (nSPS) is 17.7. The second-order valence-corrected chi connectivity index (χ2v) is 9.45. The van der Waals surface area contributed by atoms with E-state index in [0.29, 0.717) is 36.6 Å². The van der Waals surface area contributed by atoms with Gasteiger partial charge in [-0.25, -0.2) is 18.2 Å². The molecule has 1 aromatic heterocycles. The molecule has 2 heterocycles. The molecule has 7 nitrogen and oxygen atoms in total. The predicted octanol–water partition coefficient (Wildman–Crippen LogP) is 4.97. The number of carbonyl (C=O) groups excluding carboxylic acids is 1. The molecule has 0 unspecified atom stereocenters. The van der Waals surface area contributed by atoms with E-state index in [2.05, 4.69) is 15.4 Å². The van der Waals surface area contributed by atoms with Gasteiger partial charge in [-0.2, -0.15) is 5.10 Å². The largest absolute Gasteiger partial charge is 0.385 e. The van der Waals surface area contributed by atoms with Crippen molar-refractivity contribution in [2.45, 2.75) is 64.3 Å². The van der Waals surface area contributed by atoms with Crippen LogP contribution in [0.2, 0.25) is 0 Å². The smallest absolute Gasteiger partial charge is 0.264 e. The summed E-state index contributed by atoms with van der Waals surface area (Å²) < 4.78 is 44.4. The lowest BCUT2D eigenvalue weighted by molar-refractivity contribution is -0.130. The van der Waals surface area contributed by atoms with E-state index < -0.39 is 12.2 Å². The minimum atomic E-state index is -2.84. The van der Waals surface area contributed by atoms with Gasteiger partial charge >= 0.3 is 0 Å². The topological polar surface area (TPSA) is 88.5 Å². The molecular weight excluding hydrogens is 469 g/mol. The zero-order valence-corrected chi connectivity index (χ0v) is 20.7. The number of halogens is 3. The lowest BCUT2D eigenvalue weighted by Gasteiger charge is -2.34. The number of amidine groups is 1. The van der Waals surface area contributed by atoms with Crippen LogP contribution in [0, 0.1) is 5.82 Å². The van der Waals surface area contributed by atoms with Crippen LogP contribution in [-0.2, 0) is 11.8 Å². The van der Waals surface area contributed by atoms with Crippen LogP contribution in [0.4, 0.5) is 18.9 Å². The predicted molar refractivity (Wildman–Crippen MR) is 133 cm³/mol. The summed E-state index contributed by atoms with van der Waals surface area (Å²) in [6.07, 6.45) is 6.67. The van der Waals surface area contributed by atoms with Crippen LogP contribution in [0.1, 0.15) is 63.9 Å². The Morgan fingerprint density at radius 2 is 2.03 bits per heavy atom. The van der Waals surface area contributed by atoms with Crippen LogP contribution in [0.5, 0.6) is 0 Å². The first kappa shape index (κ1) is 25.8. The third kappa shape index (κ3) is 5.74. The molecule has 2 aliphatic rings. The third-order valence-electron chi connectivity index (χ3n) is 6.90. The molecule has 2 aromatic rings. The number of nitrogens with two attached hydrogens (primary N) is 1. The van der Waals surface area contributed by atoms with Gasteiger partial charge in [0, 0.05) is 61.1 Å². The van der Waals surface area contributed by atoms with Gasteiger partial charge in [0.2, 0.25) is 5.91 Å². The molecule has 1 saturated carbocycles. The second kappa shape index (κ2) is 11.2. The molecule has 0 saturated heterocycles. The number of benzene rings is 1. The molecule has 1 fully saturated rings. The number of aliphatic imine (C=N–C) groups is 1. The highest BCUT2D eigenvalue weighted by Crippen LogP contribution is 2.36. The molecule has 0 bridgehead atoms. The number of rotatable bonds is 7. The SMILES string of the molecule is CCC(=O)N1CCC(NC2CCCCC2)=C(C(N)=Nc2cc(C(F)F)c(-c3cnn(C)c3)cc2F)C1. The molecule has 1 aromatic carbocycles. The molecule has 36 heavy (non-hydrogen) atoms. The molecule has 0 atom stereocenters. The number of hydrogen-bond acceptors (Lipinski definition) is 4. The Hall–Kier alpha value is -3.30. The fourth-order valence-corrected chi connectivity index (χ4v) is 4.94. The first-order valence-corrected chi connectivity index (χ1v) is 12.5. The zero-order chi connectivity index (χ0) is 25.8. The maximum atomic E-state index is 15.1. The minimum absolute atomic E-state index is 0.0102. The Morgan fingerprint density at radius 1 is 1.28 bits per heavy atom. The third-order valence-corrected chi connectivity index (χ3v) is 6.90. The number of aryl methyl sites for hydroxylation is 1. The summed E-state index contributed by atoms with van der Waals surface area (Å²) >= 11 is 0. The number of amides is 1. The summed E-state index contributed by atoms with van der Waals surface area (Å²) in [6.45, 7) is 2.60. The summed E-state index contributed by atoms with van der Waals surface area (Å²) in [7, 11) is 1.66. The molecule has 0 radical (unpaired) electrons. The van der Waals surface area contributed by atoms with Gasteiger partial charge in [-0.15, -0.1) is 0 Å². The molecule has 1 amide bonds. The quantitative estimate of drug-likeness (QED) is 0.413. The molecular formula is C26H33F3N6O. The van der Waals surface area contributed by atoms with Crippen LogP contribution in [0.3, 0.4) is 0 Å². The Bertz CT molecular complexity index is 1170. The van der Waals surface area contributed by atoms with E-state index in [1.165, 1.54) is 17.3 Å². The van der Waals surface area contributed by atoms with E-state index in [0.717, 1.165) is 43.5 Å². The van der Waals surface area contributed by atoms with Crippen molar-refractivity contribution in [1.82, 2.24) is 20.0 Å². The van der Waals surface area contributed by atoms with Crippen LogP contribution >= 0.6 is 0 Å². The van der Waals surface area contributed by atoms with Crippen LogP contribution in [-0.4, -0.2) is 45.6 Å². The summed E-state index contributed by atoms with van der Waals surface area (Å²) in [4.78, 5) is 18.4. The van der Waals surface area contributed by atoms with Crippen LogP contribution in [0.25, 0.3) is 11.1 Å². The lowest BCUT2D eigenvalue weighted by Crippen LogP contribution is -2.44. The second-order valence-electron chi connectivity index (χ2n) is 9.45. The maximum absolute atomic E-state index is 15.1. The summed E-state index contributed by atoms with van der Waals surface area (Å²) in [5.41, 5.74) is 7.71. The Balaban J connectivity index is 1.71. The number of alkyl halides is 2. The first-order valence-electron chi connectivity index (χ1n) is 12.5. The monoisotopic (exact) mass is 502 g/mol. The van der Waals surface area contributed by atoms with Gasteiger partial charge in [0.05, 0.1) is 12.7 Å². The van der Waals surface area contributed by atoms with E-state index >= 15 is 4.39 Å². The van der Waals surface area contributed by atoms with Crippen LogP contribution < -0.4 is 11.1 Å². The molecule has 10 heteroatoms. The van der Waals surface area contributed by atoms with Crippen molar-refractivity contribution in [3.63, 3.8) is 0 Å². The molecule has 1 aliphatic carbocycles. The molecule has 1 aliphatic heterocycles. The van der Waals surface area contributed by atoms with Crippen molar-refractivity contribution in [3.05, 3.63) is 47.2 Å². The summed E-state index contributed by atoms with van der Waals surface area (Å²) in [6, 6.07) is 2.40. The van der Waals surface area contributed by atoms with E-state index in [9.17, 15) is 13.6 Å². The van der Waals surface area contributed by atoms with Crippen molar-refractivity contribution in [2.24, 2.45) is 17.8 Å². The van der Waals surface area contributed by atoms with Gasteiger partial charge in [-0.05, 0) is 30.5 Å². The van der Waals surface area contributed by atoms with Crippen LogP contribution in [0.15, 0.2) is 40.8 Å².